The molecular formula is C12H9F2N3O2. The molecule has 0 aliphatic carbocycles. The Labute approximate surface area is 106 Å². The number of anilines is 3. The van der Waals surface area contributed by atoms with E-state index in [-0.39, 0.29) is 22.8 Å². The number of nitrogens with two attached hydrogens (primary N) is 1. The van der Waals surface area contributed by atoms with Crippen molar-refractivity contribution in [2.24, 2.45) is 0 Å². The second kappa shape index (κ2) is 4.89. The highest BCUT2D eigenvalue weighted by atomic mass is 19.1. The van der Waals surface area contributed by atoms with Gasteiger partial charge in [-0.05, 0) is 18.2 Å². The fourth-order valence-corrected chi connectivity index (χ4v) is 1.48. The molecular weight excluding hydrogens is 256 g/mol. The van der Waals surface area contributed by atoms with Gasteiger partial charge in [0.05, 0.1) is 16.9 Å². The van der Waals surface area contributed by atoms with Crippen LogP contribution in [0.5, 0.6) is 0 Å². The zero-order valence-electron chi connectivity index (χ0n) is 9.52. The lowest BCUT2D eigenvalue weighted by Gasteiger charge is -2.10. The van der Waals surface area contributed by atoms with E-state index in [9.17, 15) is 13.6 Å². The van der Waals surface area contributed by atoms with Crippen LogP contribution in [0, 0.1) is 11.6 Å². The number of hydrogen-bond donors (Lipinski definition) is 3. The molecule has 5 nitrogen and oxygen atoms in total. The van der Waals surface area contributed by atoms with Crippen molar-refractivity contribution in [2.45, 2.75) is 0 Å². The number of nitrogens with one attached hydrogen (secondary N) is 1. The molecule has 0 aliphatic heterocycles. The molecule has 0 spiro atoms. The summed E-state index contributed by atoms with van der Waals surface area (Å²) in [5.74, 6) is -2.78. The van der Waals surface area contributed by atoms with Gasteiger partial charge >= 0.3 is 5.97 Å². The number of rotatable bonds is 3. The minimum Gasteiger partial charge on any atom is -0.478 e. The van der Waals surface area contributed by atoms with Crippen molar-refractivity contribution in [2.75, 3.05) is 11.1 Å². The van der Waals surface area contributed by atoms with E-state index in [0.717, 1.165) is 6.07 Å². The smallest absolute Gasteiger partial charge is 0.337 e. The quantitative estimate of drug-likeness (QED) is 0.793. The molecule has 0 amide bonds. The highest BCUT2D eigenvalue weighted by molar-refractivity contribution is 5.96. The number of hydrogen-bond acceptors (Lipinski definition) is 4. The summed E-state index contributed by atoms with van der Waals surface area (Å²) in [7, 11) is 0. The third-order valence-corrected chi connectivity index (χ3v) is 2.40. The van der Waals surface area contributed by atoms with E-state index < -0.39 is 17.6 Å². The third-order valence-electron chi connectivity index (χ3n) is 2.40. The molecule has 0 saturated carbocycles. The van der Waals surface area contributed by atoms with Crippen molar-refractivity contribution < 1.29 is 18.7 Å². The van der Waals surface area contributed by atoms with Gasteiger partial charge in [-0.25, -0.2) is 18.6 Å². The second-order valence-corrected chi connectivity index (χ2v) is 3.68. The summed E-state index contributed by atoms with van der Waals surface area (Å²) in [6, 6.07) is 4.14. The lowest BCUT2D eigenvalue weighted by Crippen LogP contribution is -2.07. The fraction of sp³-hybridized carbons (Fsp3) is 0. The first-order valence-corrected chi connectivity index (χ1v) is 5.19. The van der Waals surface area contributed by atoms with Crippen molar-refractivity contribution in [3.63, 3.8) is 0 Å². The maximum Gasteiger partial charge on any atom is 0.337 e. The van der Waals surface area contributed by atoms with Crippen molar-refractivity contribution in [1.82, 2.24) is 4.98 Å². The van der Waals surface area contributed by atoms with Crippen molar-refractivity contribution in [1.29, 1.82) is 0 Å². The predicted molar refractivity (Wildman–Crippen MR) is 65.2 cm³/mol. The Morgan fingerprint density at radius 2 is 2.05 bits per heavy atom. The van der Waals surface area contributed by atoms with E-state index in [4.69, 9.17) is 10.8 Å². The van der Waals surface area contributed by atoms with Gasteiger partial charge in [-0.1, -0.05) is 0 Å². The fourth-order valence-electron chi connectivity index (χ4n) is 1.48. The number of carboxylic acids is 1. The zero-order valence-corrected chi connectivity index (χ0v) is 9.52. The molecule has 1 aromatic heterocycles. The molecule has 0 atom stereocenters. The Balaban J connectivity index is 2.38. The van der Waals surface area contributed by atoms with Gasteiger partial charge in [0.2, 0.25) is 0 Å². The first-order valence-electron chi connectivity index (χ1n) is 5.19. The molecule has 0 fully saturated rings. The molecule has 2 rings (SSSR count). The number of carboxylic acid groups (broad SMARTS) is 1. The number of halogens is 2. The Hall–Kier alpha value is -2.70. The van der Waals surface area contributed by atoms with Crippen LogP contribution in [-0.4, -0.2) is 16.1 Å². The van der Waals surface area contributed by atoms with Gasteiger partial charge in [-0.15, -0.1) is 0 Å². The average Bonchev–Trinajstić information content (AvgIpc) is 2.34. The Morgan fingerprint density at radius 1 is 1.32 bits per heavy atom. The number of benzene rings is 1. The van der Waals surface area contributed by atoms with E-state index in [1.807, 2.05) is 0 Å². The van der Waals surface area contributed by atoms with Gasteiger partial charge in [0.25, 0.3) is 0 Å². The highest BCUT2D eigenvalue weighted by Crippen LogP contribution is 2.25. The standard InChI is InChI=1S/C12H9F2N3O2/c13-6-1-2-9(8(14)5-6)17-11-10(15)7(12(18)19)3-4-16-11/h1-5H,15H2,(H,16,17)(H,18,19). The average molecular weight is 265 g/mol. The summed E-state index contributed by atoms with van der Waals surface area (Å²) in [4.78, 5) is 14.7. The molecule has 7 heteroatoms. The number of nitrogen functional groups attached to an aromatic ring is 1. The number of aromatic carboxylic acids is 1. The molecule has 1 heterocycles. The van der Waals surface area contributed by atoms with E-state index >= 15 is 0 Å². The summed E-state index contributed by atoms with van der Waals surface area (Å²) in [6.45, 7) is 0. The molecule has 19 heavy (non-hydrogen) atoms. The Kier molecular flexibility index (Phi) is 3.28. The highest BCUT2D eigenvalue weighted by Gasteiger charge is 2.13. The molecule has 0 aliphatic rings. The monoisotopic (exact) mass is 265 g/mol. The molecule has 4 N–H and O–H groups in total. The summed E-state index contributed by atoms with van der Waals surface area (Å²) >= 11 is 0. The predicted octanol–water partition coefficient (Wildman–Crippen LogP) is 2.38. The molecule has 0 unspecified atom stereocenters. The maximum absolute atomic E-state index is 13.4. The summed E-state index contributed by atoms with van der Waals surface area (Å²) in [6.07, 6.45) is 1.23. The molecule has 0 radical (unpaired) electrons. The van der Waals surface area contributed by atoms with Crippen LogP contribution in [0.25, 0.3) is 0 Å². The zero-order chi connectivity index (χ0) is 14.0. The second-order valence-electron chi connectivity index (χ2n) is 3.68. The normalized spacial score (nSPS) is 10.2. The maximum atomic E-state index is 13.4. The molecule has 1 aromatic carbocycles. The Morgan fingerprint density at radius 3 is 2.68 bits per heavy atom. The number of nitrogens with zero attached hydrogens (tertiary/aromatic N) is 1. The number of aromatic nitrogens is 1. The topological polar surface area (TPSA) is 88.2 Å². The molecule has 98 valence electrons. The van der Waals surface area contributed by atoms with Crippen LogP contribution in [0.15, 0.2) is 30.5 Å². The number of pyridine rings is 1. The first kappa shape index (κ1) is 12.7. The van der Waals surface area contributed by atoms with Gasteiger partial charge in [-0.3, -0.25) is 0 Å². The number of carbonyl (C=O) groups is 1. The summed E-state index contributed by atoms with van der Waals surface area (Å²) < 4.78 is 26.2. The van der Waals surface area contributed by atoms with Gasteiger partial charge in [0, 0.05) is 12.3 Å². The van der Waals surface area contributed by atoms with E-state index in [2.05, 4.69) is 10.3 Å². The van der Waals surface area contributed by atoms with Gasteiger partial charge in [-0.2, -0.15) is 0 Å². The van der Waals surface area contributed by atoms with Crippen LogP contribution >= 0.6 is 0 Å². The lowest BCUT2D eigenvalue weighted by atomic mass is 10.2. The van der Waals surface area contributed by atoms with Crippen LogP contribution in [0.2, 0.25) is 0 Å². The first-order chi connectivity index (χ1) is 8.99. The SMILES string of the molecule is Nc1c(C(=O)O)ccnc1Nc1ccc(F)cc1F. The van der Waals surface area contributed by atoms with Crippen LogP contribution < -0.4 is 11.1 Å². The summed E-state index contributed by atoms with van der Waals surface area (Å²) in [5, 5.41) is 11.4. The largest absolute Gasteiger partial charge is 0.478 e. The molecule has 0 saturated heterocycles. The van der Waals surface area contributed by atoms with Crippen molar-refractivity contribution in [3.8, 4) is 0 Å². The van der Waals surface area contributed by atoms with E-state index in [1.54, 1.807) is 0 Å². The van der Waals surface area contributed by atoms with E-state index in [1.165, 1.54) is 18.3 Å². The lowest BCUT2D eigenvalue weighted by molar-refractivity contribution is 0.0698. The molecule has 2 aromatic rings. The van der Waals surface area contributed by atoms with Crippen LogP contribution in [-0.2, 0) is 0 Å². The van der Waals surface area contributed by atoms with Gasteiger partial charge < -0.3 is 16.2 Å². The van der Waals surface area contributed by atoms with Crippen LogP contribution in [0.3, 0.4) is 0 Å². The van der Waals surface area contributed by atoms with Gasteiger partial charge in [0.1, 0.15) is 11.6 Å². The molecule has 0 bridgehead atoms. The summed E-state index contributed by atoms with van der Waals surface area (Å²) in [5.41, 5.74) is 5.28. The van der Waals surface area contributed by atoms with E-state index in [0.29, 0.717) is 6.07 Å². The minimum absolute atomic E-state index is 0.00888. The van der Waals surface area contributed by atoms with Crippen molar-refractivity contribution >= 4 is 23.2 Å². The van der Waals surface area contributed by atoms with Gasteiger partial charge in [0.15, 0.2) is 5.82 Å². The van der Waals surface area contributed by atoms with Crippen LogP contribution in [0.1, 0.15) is 10.4 Å². The third kappa shape index (κ3) is 2.59. The Bertz CT molecular complexity index is 647. The van der Waals surface area contributed by atoms with Crippen molar-refractivity contribution in [3.05, 3.63) is 47.7 Å². The van der Waals surface area contributed by atoms with Crippen LogP contribution in [0.4, 0.5) is 26.0 Å². The minimum atomic E-state index is -1.22.